The van der Waals surface area contributed by atoms with Crippen molar-refractivity contribution in [2.45, 2.75) is 40.0 Å². The van der Waals surface area contributed by atoms with Crippen molar-refractivity contribution in [3.05, 3.63) is 46.0 Å². The van der Waals surface area contributed by atoms with Crippen LogP contribution in [0.3, 0.4) is 0 Å². The fourth-order valence-electron chi connectivity index (χ4n) is 3.32. The summed E-state index contributed by atoms with van der Waals surface area (Å²) in [5.41, 5.74) is 1.000. The average Bonchev–Trinajstić information content (AvgIpc) is 2.93. The van der Waals surface area contributed by atoms with E-state index in [9.17, 15) is 9.59 Å². The maximum absolute atomic E-state index is 12.5. The van der Waals surface area contributed by atoms with Crippen LogP contribution in [0.15, 0.2) is 40.4 Å². The Labute approximate surface area is 157 Å². The molecule has 0 heterocycles. The molecule has 0 saturated carbocycles. The minimum Gasteiger partial charge on any atom is -0.465 e. The number of aryl methyl sites for hydroxylation is 1. The van der Waals surface area contributed by atoms with Crippen LogP contribution in [0.1, 0.15) is 39.2 Å². The van der Waals surface area contributed by atoms with Crippen LogP contribution in [0.2, 0.25) is 0 Å². The average molecular weight is 409 g/mol. The van der Waals surface area contributed by atoms with Gasteiger partial charge in [-0.2, -0.15) is 0 Å². The summed E-state index contributed by atoms with van der Waals surface area (Å²) in [6, 6.07) is 8.21. The second kappa shape index (κ2) is 8.65. The first-order chi connectivity index (χ1) is 11.9. The van der Waals surface area contributed by atoms with Crippen molar-refractivity contribution in [3.63, 3.8) is 0 Å². The third-order valence-electron chi connectivity index (χ3n) is 4.66. The van der Waals surface area contributed by atoms with E-state index in [0.717, 1.165) is 22.9 Å². The predicted molar refractivity (Wildman–Crippen MR) is 100 cm³/mol. The van der Waals surface area contributed by atoms with Gasteiger partial charge in [0.15, 0.2) is 5.41 Å². The largest absolute Gasteiger partial charge is 0.465 e. The Hall–Kier alpha value is -1.62. The van der Waals surface area contributed by atoms with Crippen molar-refractivity contribution in [3.8, 4) is 0 Å². The SMILES string of the molecule is CCOC(=O)C1(C(=O)OCC)C=C(C)C(CCc2ccc(Br)cc2)C1. The van der Waals surface area contributed by atoms with Gasteiger partial charge in [0.1, 0.15) is 0 Å². The Morgan fingerprint density at radius 2 is 1.68 bits per heavy atom. The minimum atomic E-state index is -1.29. The number of halogens is 1. The molecule has 2 rings (SSSR count). The zero-order valence-corrected chi connectivity index (χ0v) is 16.6. The van der Waals surface area contributed by atoms with Crippen LogP contribution in [0.5, 0.6) is 0 Å². The topological polar surface area (TPSA) is 52.6 Å². The van der Waals surface area contributed by atoms with Crippen LogP contribution in [-0.4, -0.2) is 25.2 Å². The second-order valence-corrected chi connectivity index (χ2v) is 7.28. The lowest BCUT2D eigenvalue weighted by molar-refractivity contribution is -0.168. The van der Waals surface area contributed by atoms with E-state index in [0.29, 0.717) is 6.42 Å². The van der Waals surface area contributed by atoms with Gasteiger partial charge in [-0.1, -0.05) is 39.7 Å². The Morgan fingerprint density at radius 1 is 1.12 bits per heavy atom. The van der Waals surface area contributed by atoms with Crippen LogP contribution in [0, 0.1) is 11.3 Å². The van der Waals surface area contributed by atoms with Gasteiger partial charge in [0.25, 0.3) is 0 Å². The Bertz CT molecular complexity index is 630. The van der Waals surface area contributed by atoms with Crippen LogP contribution < -0.4 is 0 Å². The van der Waals surface area contributed by atoms with E-state index in [1.165, 1.54) is 5.56 Å². The van der Waals surface area contributed by atoms with Gasteiger partial charge in [-0.15, -0.1) is 0 Å². The molecule has 5 heteroatoms. The highest BCUT2D eigenvalue weighted by Gasteiger charge is 2.52. The van der Waals surface area contributed by atoms with Crippen LogP contribution in [-0.2, 0) is 25.5 Å². The van der Waals surface area contributed by atoms with Gasteiger partial charge in [-0.3, -0.25) is 9.59 Å². The van der Waals surface area contributed by atoms with Crippen molar-refractivity contribution < 1.29 is 19.1 Å². The first kappa shape index (κ1) is 19.7. The maximum atomic E-state index is 12.5. The number of carbonyl (C=O) groups excluding carboxylic acids is 2. The van der Waals surface area contributed by atoms with E-state index in [4.69, 9.17) is 9.47 Å². The Morgan fingerprint density at radius 3 is 2.20 bits per heavy atom. The van der Waals surface area contributed by atoms with Crippen molar-refractivity contribution in [2.24, 2.45) is 11.3 Å². The molecule has 1 aliphatic carbocycles. The molecule has 4 nitrogen and oxygen atoms in total. The fraction of sp³-hybridized carbons (Fsp3) is 0.500. The molecule has 0 aromatic heterocycles. The molecule has 1 aromatic carbocycles. The molecular weight excluding hydrogens is 384 g/mol. The molecule has 0 aliphatic heterocycles. The number of hydrogen-bond acceptors (Lipinski definition) is 4. The van der Waals surface area contributed by atoms with Crippen LogP contribution in [0.4, 0.5) is 0 Å². The summed E-state index contributed by atoms with van der Waals surface area (Å²) < 4.78 is 11.4. The third-order valence-corrected chi connectivity index (χ3v) is 5.19. The summed E-state index contributed by atoms with van der Waals surface area (Å²) in [4.78, 5) is 25.0. The molecule has 1 aliphatic rings. The zero-order valence-electron chi connectivity index (χ0n) is 15.0. The predicted octanol–water partition coefficient (Wildman–Crippen LogP) is 4.46. The highest BCUT2D eigenvalue weighted by atomic mass is 79.9. The Kier molecular flexibility index (Phi) is 6.82. The van der Waals surface area contributed by atoms with Gasteiger partial charge in [0.2, 0.25) is 0 Å². The van der Waals surface area contributed by atoms with Gasteiger partial charge in [-0.25, -0.2) is 0 Å². The molecular formula is C20H25BrO4. The first-order valence-corrected chi connectivity index (χ1v) is 9.50. The molecule has 1 atom stereocenters. The van der Waals surface area contributed by atoms with E-state index in [2.05, 4.69) is 28.1 Å². The number of hydrogen-bond donors (Lipinski definition) is 0. The summed E-state index contributed by atoms with van der Waals surface area (Å²) in [6.45, 7) is 5.96. The lowest BCUT2D eigenvalue weighted by Crippen LogP contribution is -2.39. The normalized spacial score (nSPS) is 18.6. The number of carbonyl (C=O) groups is 2. The standard InChI is InChI=1S/C20H25BrO4/c1-4-24-18(22)20(19(23)25-5-2)12-14(3)16(13-20)9-6-15-7-10-17(21)11-8-15/h7-8,10-12,16H,4-6,9,13H2,1-3H3. The van der Waals surface area contributed by atoms with Gasteiger partial charge < -0.3 is 9.47 Å². The van der Waals surface area contributed by atoms with Gasteiger partial charge in [0, 0.05) is 4.47 Å². The monoisotopic (exact) mass is 408 g/mol. The molecule has 0 fully saturated rings. The maximum Gasteiger partial charge on any atom is 0.327 e. The lowest BCUT2D eigenvalue weighted by atomic mass is 9.83. The van der Waals surface area contributed by atoms with Gasteiger partial charge in [-0.05, 0) is 63.6 Å². The molecule has 0 spiro atoms. The van der Waals surface area contributed by atoms with Crippen molar-refractivity contribution in [2.75, 3.05) is 13.2 Å². The van der Waals surface area contributed by atoms with Crippen molar-refractivity contribution >= 4 is 27.9 Å². The van der Waals surface area contributed by atoms with E-state index >= 15 is 0 Å². The highest BCUT2D eigenvalue weighted by molar-refractivity contribution is 9.10. The first-order valence-electron chi connectivity index (χ1n) is 8.71. The molecule has 1 aromatic rings. The second-order valence-electron chi connectivity index (χ2n) is 6.37. The van der Waals surface area contributed by atoms with Crippen LogP contribution in [0.25, 0.3) is 0 Å². The number of rotatable bonds is 7. The minimum absolute atomic E-state index is 0.164. The number of ether oxygens (including phenoxy) is 2. The smallest absolute Gasteiger partial charge is 0.327 e. The van der Waals surface area contributed by atoms with E-state index < -0.39 is 17.4 Å². The summed E-state index contributed by atoms with van der Waals surface area (Å²) in [7, 11) is 0. The molecule has 0 N–H and O–H groups in total. The number of esters is 2. The molecule has 0 amide bonds. The van der Waals surface area contributed by atoms with Crippen molar-refractivity contribution in [1.29, 1.82) is 0 Å². The quantitative estimate of drug-likeness (QED) is 0.379. The highest BCUT2D eigenvalue weighted by Crippen LogP contribution is 2.44. The molecule has 136 valence electrons. The van der Waals surface area contributed by atoms with Crippen LogP contribution >= 0.6 is 15.9 Å². The summed E-state index contributed by atoms with van der Waals surface area (Å²) >= 11 is 3.44. The van der Waals surface area contributed by atoms with Gasteiger partial charge >= 0.3 is 11.9 Å². The van der Waals surface area contributed by atoms with E-state index in [-0.39, 0.29) is 19.1 Å². The number of allylic oxidation sites excluding steroid dienone is 1. The summed E-state index contributed by atoms with van der Waals surface area (Å²) in [6.07, 6.45) is 3.96. The molecule has 0 saturated heterocycles. The molecule has 1 unspecified atom stereocenters. The molecule has 25 heavy (non-hydrogen) atoms. The van der Waals surface area contributed by atoms with E-state index in [1.54, 1.807) is 19.9 Å². The number of benzene rings is 1. The Balaban J connectivity index is 2.12. The van der Waals surface area contributed by atoms with E-state index in [1.807, 2.05) is 19.1 Å². The molecule has 0 bridgehead atoms. The zero-order chi connectivity index (χ0) is 18.4. The fourth-order valence-corrected chi connectivity index (χ4v) is 3.59. The summed E-state index contributed by atoms with van der Waals surface area (Å²) in [5.74, 6) is -0.838. The lowest BCUT2D eigenvalue weighted by Gasteiger charge is -2.24. The van der Waals surface area contributed by atoms with Gasteiger partial charge in [0.05, 0.1) is 13.2 Å². The summed E-state index contributed by atoms with van der Waals surface area (Å²) in [5, 5.41) is 0. The van der Waals surface area contributed by atoms with Crippen molar-refractivity contribution in [1.82, 2.24) is 0 Å². The third kappa shape index (κ3) is 4.51. The molecule has 0 radical (unpaired) electrons.